The van der Waals surface area contributed by atoms with E-state index in [0.717, 1.165) is 0 Å². The Hall–Kier alpha value is -0.790. The minimum atomic E-state index is -4.29. The second-order valence-electron chi connectivity index (χ2n) is 4.02. The van der Waals surface area contributed by atoms with E-state index in [2.05, 4.69) is 0 Å². The van der Waals surface area contributed by atoms with Crippen LogP contribution < -0.4 is 0 Å². The largest absolute Gasteiger partial charge is 0.478 e. The molecular weight excluding hydrogens is 348 g/mol. The number of carboxylic acids is 1. The lowest BCUT2D eigenvalue weighted by atomic mass is 9.94. The zero-order chi connectivity index (χ0) is 12.8. The summed E-state index contributed by atoms with van der Waals surface area (Å²) in [6.07, 6.45) is -4.23. The topological polar surface area (TPSA) is 37.3 Å². The lowest BCUT2D eigenvalue weighted by Crippen LogP contribution is -2.31. The molecule has 92 valence electrons. The van der Waals surface area contributed by atoms with E-state index in [1.165, 1.54) is 24.3 Å². The van der Waals surface area contributed by atoms with Crippen molar-refractivity contribution in [2.45, 2.75) is 21.9 Å². The third-order valence-electron chi connectivity index (χ3n) is 3.03. The molecule has 1 aliphatic carbocycles. The number of benzene rings is 1. The number of hydrogen-bond donors (Lipinski definition) is 1. The van der Waals surface area contributed by atoms with Crippen LogP contribution in [0.1, 0.15) is 22.3 Å². The summed E-state index contributed by atoms with van der Waals surface area (Å²) in [6, 6.07) is 4.95. The molecular formula is C11H8F3IO2. The van der Waals surface area contributed by atoms with Crippen LogP contribution in [-0.4, -0.2) is 21.2 Å². The van der Waals surface area contributed by atoms with Gasteiger partial charge in [0.1, 0.15) is 5.41 Å². The number of rotatable bonds is 2. The Morgan fingerprint density at radius 3 is 2.12 bits per heavy atom. The van der Waals surface area contributed by atoms with E-state index in [1.807, 2.05) is 0 Å². The van der Waals surface area contributed by atoms with Gasteiger partial charge >= 0.3 is 12.1 Å². The molecule has 0 amide bonds. The van der Waals surface area contributed by atoms with Crippen molar-refractivity contribution in [3.05, 3.63) is 35.4 Å². The summed E-state index contributed by atoms with van der Waals surface area (Å²) >= 11 is 1.78. The average molecular weight is 356 g/mol. The molecule has 1 aliphatic rings. The molecule has 1 aromatic carbocycles. The number of hydrogen-bond acceptors (Lipinski definition) is 1. The van der Waals surface area contributed by atoms with E-state index >= 15 is 0 Å². The third-order valence-corrected chi connectivity index (χ3v) is 4.53. The Kier molecular flexibility index (Phi) is 2.87. The monoisotopic (exact) mass is 356 g/mol. The van der Waals surface area contributed by atoms with Gasteiger partial charge < -0.3 is 5.11 Å². The van der Waals surface area contributed by atoms with E-state index in [1.54, 1.807) is 22.6 Å². The summed E-state index contributed by atoms with van der Waals surface area (Å²) in [4.78, 5) is 10.6. The van der Waals surface area contributed by atoms with Gasteiger partial charge in [0.15, 0.2) is 0 Å². The SMILES string of the molecule is O=C(O)c1ccc(C2(C(F)(F)F)CC2I)cc1. The van der Waals surface area contributed by atoms with E-state index in [-0.39, 0.29) is 17.5 Å². The maximum absolute atomic E-state index is 13.0. The van der Waals surface area contributed by atoms with Gasteiger partial charge in [0.25, 0.3) is 0 Å². The van der Waals surface area contributed by atoms with E-state index in [4.69, 9.17) is 5.11 Å². The fourth-order valence-electron chi connectivity index (χ4n) is 1.89. The maximum Gasteiger partial charge on any atom is 0.399 e. The Bertz CT molecular complexity index is 455. The van der Waals surface area contributed by atoms with Crippen molar-refractivity contribution in [2.24, 2.45) is 0 Å². The number of alkyl halides is 4. The van der Waals surface area contributed by atoms with Gasteiger partial charge in [0, 0.05) is 3.92 Å². The second kappa shape index (κ2) is 3.86. The van der Waals surface area contributed by atoms with E-state index < -0.39 is 21.5 Å². The first kappa shape index (κ1) is 12.7. The molecule has 1 aromatic rings. The molecule has 2 rings (SSSR count). The molecule has 0 aliphatic heterocycles. The van der Waals surface area contributed by atoms with Gasteiger partial charge in [0.05, 0.1) is 5.56 Å². The van der Waals surface area contributed by atoms with Crippen LogP contribution in [0.15, 0.2) is 24.3 Å². The number of carboxylic acid groups (broad SMARTS) is 1. The van der Waals surface area contributed by atoms with Crippen LogP contribution in [0.2, 0.25) is 0 Å². The van der Waals surface area contributed by atoms with E-state index in [0.29, 0.717) is 0 Å². The van der Waals surface area contributed by atoms with Crippen LogP contribution in [0.4, 0.5) is 13.2 Å². The quantitative estimate of drug-likeness (QED) is 0.652. The smallest absolute Gasteiger partial charge is 0.399 e. The van der Waals surface area contributed by atoms with E-state index in [9.17, 15) is 18.0 Å². The van der Waals surface area contributed by atoms with Gasteiger partial charge in [-0.2, -0.15) is 13.2 Å². The Labute approximate surface area is 109 Å². The lowest BCUT2D eigenvalue weighted by molar-refractivity contribution is -0.159. The molecule has 1 N–H and O–H groups in total. The maximum atomic E-state index is 13.0. The molecule has 2 nitrogen and oxygen atoms in total. The fourth-order valence-corrected chi connectivity index (χ4v) is 3.30. The standard InChI is InChI=1S/C11H8F3IO2/c12-11(13,14)10(5-8(10)15)7-3-1-6(2-4-7)9(16)17/h1-4,8H,5H2,(H,16,17). The van der Waals surface area contributed by atoms with Crippen LogP contribution in [-0.2, 0) is 5.41 Å². The molecule has 1 fully saturated rings. The highest BCUT2D eigenvalue weighted by Gasteiger charge is 2.70. The lowest BCUT2D eigenvalue weighted by Gasteiger charge is -2.20. The van der Waals surface area contributed by atoms with Gasteiger partial charge in [-0.25, -0.2) is 4.79 Å². The van der Waals surface area contributed by atoms with Crippen molar-refractivity contribution in [2.75, 3.05) is 0 Å². The molecule has 0 bridgehead atoms. The first-order valence-corrected chi connectivity index (χ1v) is 6.08. The van der Waals surface area contributed by atoms with Crippen LogP contribution in [0.3, 0.4) is 0 Å². The van der Waals surface area contributed by atoms with Crippen LogP contribution in [0, 0.1) is 0 Å². The van der Waals surface area contributed by atoms with Crippen molar-refractivity contribution in [3.63, 3.8) is 0 Å². The summed E-state index contributed by atoms with van der Waals surface area (Å²) in [5.74, 6) is -1.14. The second-order valence-corrected chi connectivity index (χ2v) is 5.53. The van der Waals surface area contributed by atoms with Gasteiger partial charge in [0.2, 0.25) is 0 Å². The summed E-state index contributed by atoms with van der Waals surface area (Å²) in [7, 11) is 0. The predicted octanol–water partition coefficient (Wildman–Crippen LogP) is 3.39. The highest BCUT2D eigenvalue weighted by molar-refractivity contribution is 14.1. The van der Waals surface area contributed by atoms with Gasteiger partial charge in [-0.15, -0.1) is 0 Å². The highest BCUT2D eigenvalue weighted by Crippen LogP contribution is 2.62. The Morgan fingerprint density at radius 2 is 1.82 bits per heavy atom. The van der Waals surface area contributed by atoms with Crippen LogP contribution in [0.5, 0.6) is 0 Å². The Morgan fingerprint density at radius 1 is 1.35 bits per heavy atom. The first-order valence-electron chi connectivity index (χ1n) is 4.83. The fraction of sp³-hybridized carbons (Fsp3) is 0.364. The predicted molar refractivity (Wildman–Crippen MR) is 63.6 cm³/mol. The van der Waals surface area contributed by atoms with Crippen molar-refractivity contribution >= 4 is 28.6 Å². The average Bonchev–Trinajstić information content (AvgIpc) is 2.91. The minimum Gasteiger partial charge on any atom is -0.478 e. The van der Waals surface area contributed by atoms with Crippen molar-refractivity contribution in [1.82, 2.24) is 0 Å². The third kappa shape index (κ3) is 1.92. The molecule has 0 spiro atoms. The zero-order valence-electron chi connectivity index (χ0n) is 8.46. The Balaban J connectivity index is 2.38. The molecule has 6 heteroatoms. The zero-order valence-corrected chi connectivity index (χ0v) is 10.6. The molecule has 17 heavy (non-hydrogen) atoms. The first-order chi connectivity index (χ1) is 7.79. The van der Waals surface area contributed by atoms with Crippen LogP contribution >= 0.6 is 22.6 Å². The molecule has 0 radical (unpaired) electrons. The molecule has 2 atom stereocenters. The van der Waals surface area contributed by atoms with Gasteiger partial charge in [-0.1, -0.05) is 34.7 Å². The molecule has 0 saturated heterocycles. The van der Waals surface area contributed by atoms with Crippen LogP contribution in [0.25, 0.3) is 0 Å². The van der Waals surface area contributed by atoms with Crippen molar-refractivity contribution < 1.29 is 23.1 Å². The highest BCUT2D eigenvalue weighted by atomic mass is 127. The van der Waals surface area contributed by atoms with Gasteiger partial charge in [-0.05, 0) is 24.1 Å². The normalized spacial score (nSPS) is 27.9. The van der Waals surface area contributed by atoms with Gasteiger partial charge in [-0.3, -0.25) is 0 Å². The van der Waals surface area contributed by atoms with Crippen molar-refractivity contribution in [3.8, 4) is 0 Å². The number of aromatic carboxylic acids is 1. The minimum absolute atomic E-state index is 0.00303. The number of halogens is 4. The molecule has 0 heterocycles. The summed E-state index contributed by atoms with van der Waals surface area (Å²) in [5, 5.41) is 8.68. The molecule has 1 saturated carbocycles. The molecule has 2 unspecified atom stereocenters. The summed E-state index contributed by atoms with van der Waals surface area (Å²) in [6.45, 7) is 0. The summed E-state index contributed by atoms with van der Waals surface area (Å²) in [5.41, 5.74) is -1.64. The number of carbonyl (C=O) groups is 1. The van der Waals surface area contributed by atoms with Crippen molar-refractivity contribution in [1.29, 1.82) is 0 Å². The molecule has 0 aromatic heterocycles. The summed E-state index contributed by atoms with van der Waals surface area (Å²) < 4.78 is 38.4.